The summed E-state index contributed by atoms with van der Waals surface area (Å²) in [5.74, 6) is -0.440. The predicted molar refractivity (Wildman–Crippen MR) is 77.5 cm³/mol. The Morgan fingerprint density at radius 2 is 2.09 bits per heavy atom. The molecule has 0 spiro atoms. The van der Waals surface area contributed by atoms with Gasteiger partial charge in [-0.05, 0) is 17.7 Å². The smallest absolute Gasteiger partial charge is 0.261 e. The largest absolute Gasteiger partial charge is 0.396 e. The van der Waals surface area contributed by atoms with Gasteiger partial charge in [0, 0.05) is 12.5 Å². The lowest BCUT2D eigenvalue weighted by molar-refractivity contribution is 0.0642. The number of nitrogens with zero attached hydrogens (tertiary/aromatic N) is 1. The standard InChI is InChI=1S/C16H19NO5/c1-10(6-18)7-21-8-11-2-3-13-14(4-11)16(20)17(15(13)19)5-12-9-22-12/h2-4,10,12,18H,5-9H2,1H3/t10-,12?/m0/s1. The first kappa shape index (κ1) is 15.1. The summed E-state index contributed by atoms with van der Waals surface area (Å²) >= 11 is 0. The molecular formula is C16H19NO5. The van der Waals surface area contributed by atoms with E-state index in [0.29, 0.717) is 37.5 Å². The van der Waals surface area contributed by atoms with Gasteiger partial charge in [-0.1, -0.05) is 13.0 Å². The van der Waals surface area contributed by atoms with Gasteiger partial charge >= 0.3 is 0 Å². The lowest BCUT2D eigenvalue weighted by Gasteiger charge is -2.11. The summed E-state index contributed by atoms with van der Waals surface area (Å²) in [5, 5.41) is 8.95. The Balaban J connectivity index is 1.68. The van der Waals surface area contributed by atoms with E-state index in [0.717, 1.165) is 5.56 Å². The molecule has 0 bridgehead atoms. The van der Waals surface area contributed by atoms with Crippen molar-refractivity contribution in [3.8, 4) is 0 Å². The summed E-state index contributed by atoms with van der Waals surface area (Å²) in [6, 6.07) is 5.19. The minimum absolute atomic E-state index is 0.00927. The van der Waals surface area contributed by atoms with E-state index in [4.69, 9.17) is 14.6 Å². The Morgan fingerprint density at radius 1 is 1.36 bits per heavy atom. The van der Waals surface area contributed by atoms with Crippen molar-refractivity contribution in [3.63, 3.8) is 0 Å². The summed E-state index contributed by atoms with van der Waals surface area (Å²) in [5.41, 5.74) is 1.72. The molecule has 1 N–H and O–H groups in total. The minimum atomic E-state index is -0.263. The second kappa shape index (κ2) is 6.16. The maximum absolute atomic E-state index is 12.3. The molecule has 0 radical (unpaired) electrons. The third-order valence-electron chi connectivity index (χ3n) is 3.81. The van der Waals surface area contributed by atoms with E-state index in [1.165, 1.54) is 4.90 Å². The number of imide groups is 1. The molecule has 22 heavy (non-hydrogen) atoms. The Hall–Kier alpha value is -1.76. The summed E-state index contributed by atoms with van der Waals surface area (Å²) in [4.78, 5) is 25.8. The van der Waals surface area contributed by atoms with E-state index in [1.54, 1.807) is 18.2 Å². The van der Waals surface area contributed by atoms with E-state index in [-0.39, 0.29) is 30.4 Å². The molecule has 0 saturated carbocycles. The van der Waals surface area contributed by atoms with Gasteiger partial charge in [0.1, 0.15) is 0 Å². The van der Waals surface area contributed by atoms with Gasteiger partial charge in [-0.25, -0.2) is 0 Å². The molecule has 0 aromatic heterocycles. The third-order valence-corrected chi connectivity index (χ3v) is 3.81. The van der Waals surface area contributed by atoms with Gasteiger partial charge in [0.25, 0.3) is 11.8 Å². The SMILES string of the molecule is C[C@@H](CO)COCc1ccc2c(c1)C(=O)N(CC1CO1)C2=O. The van der Waals surface area contributed by atoms with Gasteiger partial charge in [0.2, 0.25) is 0 Å². The number of rotatable bonds is 7. The number of ether oxygens (including phenoxy) is 2. The number of epoxide rings is 1. The highest BCUT2D eigenvalue weighted by molar-refractivity contribution is 6.21. The highest BCUT2D eigenvalue weighted by Crippen LogP contribution is 2.26. The van der Waals surface area contributed by atoms with Crippen molar-refractivity contribution >= 4 is 11.8 Å². The van der Waals surface area contributed by atoms with Crippen LogP contribution in [0.3, 0.4) is 0 Å². The summed E-state index contributed by atoms with van der Waals surface area (Å²) in [6.45, 7) is 3.70. The molecule has 2 aliphatic heterocycles. The third kappa shape index (κ3) is 3.04. The van der Waals surface area contributed by atoms with E-state index in [9.17, 15) is 9.59 Å². The maximum Gasteiger partial charge on any atom is 0.261 e. The molecule has 1 aromatic rings. The zero-order valence-electron chi connectivity index (χ0n) is 12.4. The van der Waals surface area contributed by atoms with Crippen LogP contribution in [0.1, 0.15) is 33.2 Å². The molecule has 1 fully saturated rings. The first-order valence-electron chi connectivity index (χ1n) is 7.39. The average Bonchev–Trinajstić information content (AvgIpc) is 3.31. The molecule has 0 aliphatic carbocycles. The van der Waals surface area contributed by atoms with Crippen molar-refractivity contribution in [2.24, 2.45) is 5.92 Å². The van der Waals surface area contributed by atoms with Crippen LogP contribution in [0.4, 0.5) is 0 Å². The highest BCUT2D eigenvalue weighted by atomic mass is 16.6. The molecule has 1 aromatic carbocycles. The number of aliphatic hydroxyl groups is 1. The van der Waals surface area contributed by atoms with Gasteiger partial charge < -0.3 is 14.6 Å². The van der Waals surface area contributed by atoms with Crippen LogP contribution in [-0.4, -0.2) is 54.3 Å². The van der Waals surface area contributed by atoms with Crippen molar-refractivity contribution < 1.29 is 24.2 Å². The Morgan fingerprint density at radius 3 is 2.77 bits per heavy atom. The number of hydrogen-bond donors (Lipinski definition) is 1. The topological polar surface area (TPSA) is 79.4 Å². The molecule has 6 heteroatoms. The summed E-state index contributed by atoms with van der Waals surface area (Å²) in [7, 11) is 0. The molecule has 6 nitrogen and oxygen atoms in total. The van der Waals surface area contributed by atoms with Crippen LogP contribution in [0.2, 0.25) is 0 Å². The molecule has 1 unspecified atom stereocenters. The number of carbonyl (C=O) groups is 2. The van der Waals surface area contributed by atoms with Crippen LogP contribution < -0.4 is 0 Å². The Kier molecular flexibility index (Phi) is 4.24. The van der Waals surface area contributed by atoms with Crippen LogP contribution in [-0.2, 0) is 16.1 Å². The van der Waals surface area contributed by atoms with E-state index in [1.807, 2.05) is 6.92 Å². The van der Waals surface area contributed by atoms with Crippen LogP contribution >= 0.6 is 0 Å². The van der Waals surface area contributed by atoms with Gasteiger partial charge in [0.05, 0.1) is 43.6 Å². The lowest BCUT2D eigenvalue weighted by atomic mass is 10.1. The minimum Gasteiger partial charge on any atom is -0.396 e. The first-order valence-corrected chi connectivity index (χ1v) is 7.39. The summed E-state index contributed by atoms with van der Waals surface area (Å²) in [6.07, 6.45) is -0.00927. The van der Waals surface area contributed by atoms with Gasteiger partial charge in [-0.3, -0.25) is 14.5 Å². The van der Waals surface area contributed by atoms with Crippen molar-refractivity contribution in [3.05, 3.63) is 34.9 Å². The van der Waals surface area contributed by atoms with Crippen LogP contribution in [0.15, 0.2) is 18.2 Å². The lowest BCUT2D eigenvalue weighted by Crippen LogP contribution is -2.33. The fraction of sp³-hybridized carbons (Fsp3) is 0.500. The van der Waals surface area contributed by atoms with Gasteiger partial charge in [0.15, 0.2) is 0 Å². The van der Waals surface area contributed by atoms with E-state index in [2.05, 4.69) is 0 Å². The van der Waals surface area contributed by atoms with Crippen LogP contribution in [0.5, 0.6) is 0 Å². The van der Waals surface area contributed by atoms with Crippen molar-refractivity contribution in [2.45, 2.75) is 19.6 Å². The van der Waals surface area contributed by atoms with Crippen LogP contribution in [0.25, 0.3) is 0 Å². The molecule has 1 saturated heterocycles. The number of carbonyl (C=O) groups excluding carboxylic acids is 2. The second-order valence-corrected chi connectivity index (χ2v) is 5.86. The first-order chi connectivity index (χ1) is 10.6. The zero-order valence-corrected chi connectivity index (χ0v) is 12.4. The quantitative estimate of drug-likeness (QED) is 0.596. The molecular weight excluding hydrogens is 286 g/mol. The normalized spacial score (nSPS) is 21.2. The Bertz CT molecular complexity index is 596. The number of amides is 2. The van der Waals surface area contributed by atoms with E-state index >= 15 is 0 Å². The van der Waals surface area contributed by atoms with Crippen molar-refractivity contribution in [1.82, 2.24) is 4.90 Å². The second-order valence-electron chi connectivity index (χ2n) is 5.86. The van der Waals surface area contributed by atoms with Crippen molar-refractivity contribution in [1.29, 1.82) is 0 Å². The van der Waals surface area contributed by atoms with E-state index < -0.39 is 0 Å². The molecule has 2 atom stereocenters. The molecule has 118 valence electrons. The molecule has 2 amide bonds. The number of benzene rings is 1. The summed E-state index contributed by atoms with van der Waals surface area (Å²) < 4.78 is 10.6. The average molecular weight is 305 g/mol. The Labute approximate surface area is 128 Å². The van der Waals surface area contributed by atoms with Crippen LogP contribution in [0, 0.1) is 5.92 Å². The monoisotopic (exact) mass is 305 g/mol. The zero-order chi connectivity index (χ0) is 15.7. The van der Waals surface area contributed by atoms with Gasteiger partial charge in [-0.15, -0.1) is 0 Å². The fourth-order valence-corrected chi connectivity index (χ4v) is 2.40. The van der Waals surface area contributed by atoms with Gasteiger partial charge in [-0.2, -0.15) is 0 Å². The number of fused-ring (bicyclic) bond motifs is 1. The predicted octanol–water partition coefficient (Wildman–Crippen LogP) is 0.826. The van der Waals surface area contributed by atoms with Crippen molar-refractivity contribution in [2.75, 3.05) is 26.4 Å². The maximum atomic E-state index is 12.3. The number of aliphatic hydroxyl groups excluding tert-OH is 1. The molecule has 2 aliphatic rings. The molecule has 2 heterocycles. The fourth-order valence-electron chi connectivity index (χ4n) is 2.40. The molecule has 3 rings (SSSR count). The number of hydrogen-bond acceptors (Lipinski definition) is 5. The highest BCUT2D eigenvalue weighted by Gasteiger charge is 2.39.